The molecule has 2 atom stereocenters. The quantitative estimate of drug-likeness (QED) is 0.667. The van der Waals surface area contributed by atoms with Crippen LogP contribution in [-0.2, 0) is 10.0 Å². The number of hydrogen-bond donors (Lipinski definition) is 1. The number of piperidine rings is 1. The fraction of sp³-hybridized carbons (Fsp3) is 0.538. The van der Waals surface area contributed by atoms with Gasteiger partial charge in [0.25, 0.3) is 5.69 Å². The Bertz CT molecular complexity index is 632. The maximum absolute atomic E-state index is 12.8. The summed E-state index contributed by atoms with van der Waals surface area (Å²) in [5.41, 5.74) is 5.29. The second-order valence-corrected chi connectivity index (χ2v) is 7.22. The summed E-state index contributed by atoms with van der Waals surface area (Å²) in [7, 11) is -3.91. The molecular formula is C13H19N3O4S. The molecule has 0 saturated carbocycles. The Morgan fingerprint density at radius 3 is 2.71 bits per heavy atom. The van der Waals surface area contributed by atoms with E-state index in [0.29, 0.717) is 18.9 Å². The molecule has 8 heteroatoms. The predicted molar refractivity (Wildman–Crippen MR) is 78.2 cm³/mol. The summed E-state index contributed by atoms with van der Waals surface area (Å²) in [5.74, 6) is 0.399. The fourth-order valence-electron chi connectivity index (χ4n) is 2.71. The molecule has 0 aliphatic carbocycles. The van der Waals surface area contributed by atoms with E-state index in [0.717, 1.165) is 6.42 Å². The number of nitro groups is 1. The zero-order valence-electron chi connectivity index (χ0n) is 11.8. The Morgan fingerprint density at radius 2 is 2.10 bits per heavy atom. The Labute approximate surface area is 123 Å². The summed E-state index contributed by atoms with van der Waals surface area (Å²) in [4.78, 5) is 10.1. The van der Waals surface area contributed by atoms with Crippen molar-refractivity contribution in [2.75, 3.05) is 13.1 Å². The van der Waals surface area contributed by atoms with E-state index in [9.17, 15) is 18.5 Å². The number of nitrogens with zero attached hydrogens (tertiary/aromatic N) is 2. The van der Waals surface area contributed by atoms with Crippen LogP contribution in [0.4, 0.5) is 5.69 Å². The van der Waals surface area contributed by atoms with Gasteiger partial charge in [-0.05, 0) is 24.8 Å². The highest BCUT2D eigenvalue weighted by atomic mass is 32.2. The Morgan fingerprint density at radius 1 is 1.43 bits per heavy atom. The van der Waals surface area contributed by atoms with Crippen LogP contribution in [0.25, 0.3) is 0 Å². The lowest BCUT2D eigenvalue weighted by Crippen LogP contribution is -2.49. The summed E-state index contributed by atoms with van der Waals surface area (Å²) in [6, 6.07) is 5.12. The lowest BCUT2D eigenvalue weighted by Gasteiger charge is -2.36. The van der Waals surface area contributed by atoms with Crippen LogP contribution in [0.3, 0.4) is 0 Å². The van der Waals surface area contributed by atoms with Gasteiger partial charge in [-0.3, -0.25) is 10.1 Å². The van der Waals surface area contributed by atoms with E-state index in [1.54, 1.807) is 0 Å². The molecule has 1 fully saturated rings. The summed E-state index contributed by atoms with van der Waals surface area (Å²) >= 11 is 0. The molecule has 1 aromatic rings. The van der Waals surface area contributed by atoms with Gasteiger partial charge in [-0.1, -0.05) is 19.1 Å². The Kier molecular flexibility index (Phi) is 4.60. The highest BCUT2D eigenvalue weighted by Gasteiger charge is 2.38. The normalized spacial score (nSPS) is 23.9. The first-order valence-electron chi connectivity index (χ1n) is 6.83. The van der Waals surface area contributed by atoms with E-state index in [4.69, 9.17) is 5.73 Å². The topological polar surface area (TPSA) is 107 Å². The highest BCUT2D eigenvalue weighted by Crippen LogP contribution is 2.31. The molecule has 2 rings (SSSR count). The lowest BCUT2D eigenvalue weighted by molar-refractivity contribution is -0.387. The van der Waals surface area contributed by atoms with Crippen LogP contribution in [0.5, 0.6) is 0 Å². The molecule has 21 heavy (non-hydrogen) atoms. The number of nitro benzene ring substituents is 1. The van der Waals surface area contributed by atoms with Crippen LogP contribution >= 0.6 is 0 Å². The third kappa shape index (κ3) is 3.07. The zero-order chi connectivity index (χ0) is 15.6. The molecule has 1 saturated heterocycles. The largest absolute Gasteiger partial charge is 0.329 e. The van der Waals surface area contributed by atoms with E-state index >= 15 is 0 Å². The van der Waals surface area contributed by atoms with Gasteiger partial charge in [-0.25, -0.2) is 8.42 Å². The standard InChI is InChI=1S/C13H19N3O4S/c1-10-6-7-15(11(8-10)9-14)21(19,20)13-5-3-2-4-12(13)16(17)18/h2-5,10-11H,6-9,14H2,1H3. The maximum atomic E-state index is 12.8. The van der Waals surface area contributed by atoms with Gasteiger partial charge in [0.05, 0.1) is 4.92 Å². The first kappa shape index (κ1) is 15.9. The second-order valence-electron chi connectivity index (χ2n) is 5.36. The molecular weight excluding hydrogens is 294 g/mol. The van der Waals surface area contributed by atoms with Gasteiger partial charge >= 0.3 is 0 Å². The Balaban J connectivity index is 2.45. The number of para-hydroxylation sites is 1. The summed E-state index contributed by atoms with van der Waals surface area (Å²) in [5, 5.41) is 11.1. The predicted octanol–water partition coefficient (Wildman–Crippen LogP) is 1.34. The van der Waals surface area contributed by atoms with Crippen LogP contribution < -0.4 is 5.73 Å². The van der Waals surface area contributed by atoms with E-state index in [1.807, 2.05) is 0 Å². The molecule has 0 amide bonds. The molecule has 7 nitrogen and oxygen atoms in total. The van der Waals surface area contributed by atoms with Crippen molar-refractivity contribution in [2.45, 2.75) is 30.7 Å². The molecule has 116 valence electrons. The average Bonchev–Trinajstić information content (AvgIpc) is 2.46. The molecule has 1 aromatic carbocycles. The number of rotatable bonds is 4. The number of nitrogens with two attached hydrogens (primary N) is 1. The molecule has 0 spiro atoms. The van der Waals surface area contributed by atoms with E-state index < -0.39 is 20.6 Å². The number of sulfonamides is 1. The minimum absolute atomic E-state index is 0.213. The third-order valence-corrected chi connectivity index (χ3v) is 5.84. The molecule has 0 aromatic heterocycles. The van der Waals surface area contributed by atoms with Crippen molar-refractivity contribution in [2.24, 2.45) is 11.7 Å². The van der Waals surface area contributed by atoms with Crippen molar-refractivity contribution >= 4 is 15.7 Å². The maximum Gasteiger partial charge on any atom is 0.289 e. The summed E-state index contributed by atoms with van der Waals surface area (Å²) in [6.45, 7) is 2.61. The zero-order valence-corrected chi connectivity index (χ0v) is 12.6. The number of benzene rings is 1. The summed E-state index contributed by atoms with van der Waals surface area (Å²) in [6.07, 6.45) is 1.41. The highest BCUT2D eigenvalue weighted by molar-refractivity contribution is 7.89. The monoisotopic (exact) mass is 313 g/mol. The van der Waals surface area contributed by atoms with Crippen LogP contribution in [-0.4, -0.2) is 36.8 Å². The third-order valence-electron chi connectivity index (χ3n) is 3.84. The minimum atomic E-state index is -3.91. The lowest BCUT2D eigenvalue weighted by atomic mass is 9.94. The minimum Gasteiger partial charge on any atom is -0.329 e. The average molecular weight is 313 g/mol. The van der Waals surface area contributed by atoms with E-state index in [1.165, 1.54) is 28.6 Å². The van der Waals surface area contributed by atoms with Crippen LogP contribution in [0.2, 0.25) is 0 Å². The van der Waals surface area contributed by atoms with Crippen LogP contribution in [0, 0.1) is 16.0 Å². The van der Waals surface area contributed by atoms with Gasteiger partial charge in [-0.2, -0.15) is 4.31 Å². The first-order chi connectivity index (χ1) is 9.87. The van der Waals surface area contributed by atoms with Crippen molar-refractivity contribution in [3.05, 3.63) is 34.4 Å². The van der Waals surface area contributed by atoms with Crippen LogP contribution in [0.1, 0.15) is 19.8 Å². The van der Waals surface area contributed by atoms with Gasteiger partial charge in [0, 0.05) is 25.2 Å². The van der Waals surface area contributed by atoms with Gasteiger partial charge in [0.1, 0.15) is 0 Å². The van der Waals surface area contributed by atoms with Gasteiger partial charge in [0.15, 0.2) is 4.90 Å². The van der Waals surface area contributed by atoms with Crippen molar-refractivity contribution < 1.29 is 13.3 Å². The molecule has 1 aliphatic heterocycles. The van der Waals surface area contributed by atoms with Crippen LogP contribution in [0.15, 0.2) is 29.2 Å². The van der Waals surface area contributed by atoms with E-state index in [-0.39, 0.29) is 17.5 Å². The van der Waals surface area contributed by atoms with Gasteiger partial charge in [0.2, 0.25) is 10.0 Å². The van der Waals surface area contributed by atoms with Crippen molar-refractivity contribution in [1.82, 2.24) is 4.31 Å². The van der Waals surface area contributed by atoms with Gasteiger partial charge < -0.3 is 5.73 Å². The number of hydrogen-bond acceptors (Lipinski definition) is 5. The molecule has 1 aliphatic rings. The van der Waals surface area contributed by atoms with E-state index in [2.05, 4.69) is 6.92 Å². The fourth-order valence-corrected chi connectivity index (χ4v) is 4.53. The first-order valence-corrected chi connectivity index (χ1v) is 8.27. The smallest absolute Gasteiger partial charge is 0.289 e. The molecule has 0 bridgehead atoms. The molecule has 0 radical (unpaired) electrons. The summed E-state index contributed by atoms with van der Waals surface area (Å²) < 4.78 is 26.8. The second kappa shape index (κ2) is 6.08. The molecule has 1 heterocycles. The molecule has 2 N–H and O–H groups in total. The SMILES string of the molecule is CC1CCN(S(=O)(=O)c2ccccc2[N+](=O)[O-])C(CN)C1. The Hall–Kier alpha value is -1.51. The van der Waals surface area contributed by atoms with Crippen molar-refractivity contribution in [1.29, 1.82) is 0 Å². The van der Waals surface area contributed by atoms with Gasteiger partial charge in [-0.15, -0.1) is 0 Å². The van der Waals surface area contributed by atoms with Crippen molar-refractivity contribution in [3.63, 3.8) is 0 Å². The molecule has 2 unspecified atom stereocenters. The van der Waals surface area contributed by atoms with Crippen molar-refractivity contribution in [3.8, 4) is 0 Å².